The molecule has 18 heavy (non-hydrogen) atoms. The zero-order valence-electron chi connectivity index (χ0n) is 10.5. The lowest BCUT2D eigenvalue weighted by Gasteiger charge is -2.12. The Morgan fingerprint density at radius 2 is 2.22 bits per heavy atom. The van der Waals surface area contributed by atoms with E-state index in [4.69, 9.17) is 0 Å². The first-order chi connectivity index (χ1) is 8.52. The molecule has 0 radical (unpaired) electrons. The minimum atomic E-state index is -0.432. The second-order valence-electron chi connectivity index (χ2n) is 4.93. The smallest absolute Gasteiger partial charge is 0.308 e. The number of benzene rings is 1. The van der Waals surface area contributed by atoms with Gasteiger partial charge in [-0.2, -0.15) is 0 Å². The van der Waals surface area contributed by atoms with Crippen molar-refractivity contribution >= 4 is 5.97 Å². The van der Waals surface area contributed by atoms with Crippen molar-refractivity contribution in [2.75, 3.05) is 7.11 Å². The number of ether oxygens (including phenoxy) is 1. The van der Waals surface area contributed by atoms with Crippen molar-refractivity contribution in [3.63, 3.8) is 0 Å². The Labute approximate surface area is 105 Å². The van der Waals surface area contributed by atoms with Gasteiger partial charge >= 0.3 is 5.97 Å². The van der Waals surface area contributed by atoms with Crippen LogP contribution >= 0.6 is 0 Å². The van der Waals surface area contributed by atoms with E-state index < -0.39 is 5.82 Å². The fourth-order valence-corrected chi connectivity index (χ4v) is 2.42. The fraction of sp³-hybridized carbons (Fsp3) is 0.500. The molecule has 3 unspecified atom stereocenters. The van der Waals surface area contributed by atoms with Gasteiger partial charge in [-0.1, -0.05) is 6.92 Å². The molecule has 3 atom stereocenters. The maximum atomic E-state index is 13.6. The minimum absolute atomic E-state index is 0.0610. The van der Waals surface area contributed by atoms with Crippen LogP contribution in [0.15, 0.2) is 18.2 Å². The molecule has 0 spiro atoms. The third-order valence-corrected chi connectivity index (χ3v) is 3.57. The van der Waals surface area contributed by atoms with Gasteiger partial charge < -0.3 is 4.74 Å². The average Bonchev–Trinajstić information content (AvgIpc) is 3.10. The van der Waals surface area contributed by atoms with Crippen molar-refractivity contribution in [1.29, 1.82) is 0 Å². The second kappa shape index (κ2) is 5.04. The van der Waals surface area contributed by atoms with Crippen molar-refractivity contribution < 1.29 is 18.3 Å². The Morgan fingerprint density at radius 3 is 2.89 bits per heavy atom. The zero-order chi connectivity index (χ0) is 13.3. The van der Waals surface area contributed by atoms with Gasteiger partial charge in [0.15, 0.2) is 0 Å². The maximum Gasteiger partial charge on any atom is 0.308 e. The summed E-state index contributed by atoms with van der Waals surface area (Å²) in [7, 11) is 1.37. The van der Waals surface area contributed by atoms with Gasteiger partial charge in [-0.25, -0.2) is 8.78 Å². The molecular weight excluding hydrogens is 238 g/mol. The summed E-state index contributed by atoms with van der Waals surface area (Å²) in [5.41, 5.74) is 0.380. The summed E-state index contributed by atoms with van der Waals surface area (Å²) >= 11 is 0. The molecule has 2 nitrogen and oxygen atoms in total. The van der Waals surface area contributed by atoms with E-state index >= 15 is 0 Å². The summed E-state index contributed by atoms with van der Waals surface area (Å²) in [5.74, 6) is -0.950. The quantitative estimate of drug-likeness (QED) is 0.771. The van der Waals surface area contributed by atoms with Crippen LogP contribution in [0.2, 0.25) is 0 Å². The van der Waals surface area contributed by atoms with Crippen molar-refractivity contribution in [3.05, 3.63) is 35.4 Å². The van der Waals surface area contributed by atoms with Crippen LogP contribution in [-0.4, -0.2) is 13.1 Å². The summed E-state index contributed by atoms with van der Waals surface area (Å²) in [6.45, 7) is 1.85. The van der Waals surface area contributed by atoms with Crippen molar-refractivity contribution in [2.45, 2.75) is 25.7 Å². The molecule has 0 amide bonds. The van der Waals surface area contributed by atoms with E-state index in [0.717, 1.165) is 18.6 Å². The molecule has 0 saturated heterocycles. The number of hydrogen-bond donors (Lipinski definition) is 0. The van der Waals surface area contributed by atoms with Gasteiger partial charge in [0.05, 0.1) is 13.0 Å². The van der Waals surface area contributed by atoms with Crippen LogP contribution in [0.25, 0.3) is 0 Å². The largest absolute Gasteiger partial charge is 0.469 e. The molecule has 1 aromatic rings. The van der Waals surface area contributed by atoms with Gasteiger partial charge in [0.2, 0.25) is 0 Å². The molecule has 1 aliphatic carbocycles. The molecule has 0 aliphatic heterocycles. The molecule has 2 rings (SSSR count). The Kier molecular flexibility index (Phi) is 3.64. The summed E-state index contributed by atoms with van der Waals surface area (Å²) in [6, 6.07) is 3.49. The molecule has 1 aromatic carbocycles. The number of halogens is 2. The van der Waals surface area contributed by atoms with Crippen molar-refractivity contribution in [2.24, 2.45) is 11.8 Å². The van der Waals surface area contributed by atoms with Gasteiger partial charge in [-0.3, -0.25) is 4.79 Å². The van der Waals surface area contributed by atoms with Crippen LogP contribution in [0.5, 0.6) is 0 Å². The third-order valence-electron chi connectivity index (χ3n) is 3.57. The van der Waals surface area contributed by atoms with Gasteiger partial charge in [0.1, 0.15) is 11.6 Å². The first kappa shape index (κ1) is 13.0. The number of rotatable bonds is 4. The molecule has 4 heteroatoms. The van der Waals surface area contributed by atoms with E-state index in [0.29, 0.717) is 12.0 Å². The summed E-state index contributed by atoms with van der Waals surface area (Å²) in [4.78, 5) is 11.3. The molecule has 98 valence electrons. The monoisotopic (exact) mass is 254 g/mol. The number of hydrogen-bond acceptors (Lipinski definition) is 2. The lowest BCUT2D eigenvalue weighted by molar-refractivity contribution is -0.142. The van der Waals surface area contributed by atoms with Gasteiger partial charge in [-0.15, -0.1) is 0 Å². The fourth-order valence-electron chi connectivity index (χ4n) is 2.42. The minimum Gasteiger partial charge on any atom is -0.469 e. The standard InChI is InChI=1S/C14H16F2O2/c1-8(5-9-6-12(9)14(17)18-2)11-7-10(15)3-4-13(11)16/h3-4,7-9,12H,5-6H2,1-2H3. The van der Waals surface area contributed by atoms with Crippen LogP contribution in [0.4, 0.5) is 8.78 Å². The molecule has 1 aliphatic rings. The van der Waals surface area contributed by atoms with Crippen molar-refractivity contribution in [3.8, 4) is 0 Å². The van der Waals surface area contributed by atoms with Crippen LogP contribution in [0.1, 0.15) is 31.2 Å². The Bertz CT molecular complexity index is 459. The van der Waals surface area contributed by atoms with E-state index in [1.165, 1.54) is 13.2 Å². The predicted octanol–water partition coefficient (Wildman–Crippen LogP) is 3.27. The summed E-state index contributed by atoms with van der Waals surface area (Å²) in [5, 5.41) is 0. The van der Waals surface area contributed by atoms with Crippen LogP contribution in [0.3, 0.4) is 0 Å². The Hall–Kier alpha value is -1.45. The molecule has 1 fully saturated rings. The highest BCUT2D eigenvalue weighted by atomic mass is 19.1. The highest BCUT2D eigenvalue weighted by Crippen LogP contribution is 2.45. The molecule has 0 aromatic heterocycles. The lowest BCUT2D eigenvalue weighted by Crippen LogP contribution is -2.06. The summed E-state index contributed by atoms with van der Waals surface area (Å²) < 4.78 is 31.3. The Balaban J connectivity index is 1.99. The van der Waals surface area contributed by atoms with Gasteiger partial charge in [0, 0.05) is 0 Å². The van der Waals surface area contributed by atoms with E-state index in [2.05, 4.69) is 4.74 Å². The third kappa shape index (κ3) is 2.68. The highest BCUT2D eigenvalue weighted by Gasteiger charge is 2.44. The first-order valence-corrected chi connectivity index (χ1v) is 6.05. The summed E-state index contributed by atoms with van der Waals surface area (Å²) in [6.07, 6.45) is 1.47. The van der Waals surface area contributed by atoms with E-state index in [1.807, 2.05) is 6.92 Å². The second-order valence-corrected chi connectivity index (χ2v) is 4.93. The molecule has 0 heterocycles. The van der Waals surface area contributed by atoms with Gasteiger partial charge in [0.25, 0.3) is 0 Å². The molecule has 0 bridgehead atoms. The number of methoxy groups -OCH3 is 1. The van der Waals surface area contributed by atoms with Gasteiger partial charge in [-0.05, 0) is 48.4 Å². The number of carbonyl (C=O) groups is 1. The molecule has 1 saturated carbocycles. The normalized spacial score (nSPS) is 23.6. The van der Waals surface area contributed by atoms with Crippen LogP contribution in [-0.2, 0) is 9.53 Å². The number of esters is 1. The number of carbonyl (C=O) groups excluding carboxylic acids is 1. The first-order valence-electron chi connectivity index (χ1n) is 6.05. The predicted molar refractivity (Wildman–Crippen MR) is 63.0 cm³/mol. The van der Waals surface area contributed by atoms with Crippen molar-refractivity contribution in [1.82, 2.24) is 0 Å². The Morgan fingerprint density at radius 1 is 1.50 bits per heavy atom. The zero-order valence-corrected chi connectivity index (χ0v) is 10.5. The van der Waals surface area contributed by atoms with Crippen LogP contribution in [0, 0.1) is 23.5 Å². The lowest BCUT2D eigenvalue weighted by atomic mass is 9.94. The van der Waals surface area contributed by atoms with E-state index in [1.54, 1.807) is 0 Å². The maximum absolute atomic E-state index is 13.6. The SMILES string of the molecule is COC(=O)C1CC1CC(C)c1cc(F)ccc1F. The highest BCUT2D eigenvalue weighted by molar-refractivity contribution is 5.75. The van der Waals surface area contributed by atoms with Crippen LogP contribution < -0.4 is 0 Å². The topological polar surface area (TPSA) is 26.3 Å². The molecule has 0 N–H and O–H groups in total. The molecular formula is C14H16F2O2. The van der Waals surface area contributed by atoms with E-state index in [9.17, 15) is 13.6 Å². The van der Waals surface area contributed by atoms with E-state index in [-0.39, 0.29) is 29.5 Å². The average molecular weight is 254 g/mol.